The van der Waals surface area contributed by atoms with Crippen molar-refractivity contribution in [1.29, 1.82) is 0 Å². The molecule has 9 nitrogen and oxygen atoms in total. The Labute approximate surface area is 157 Å². The van der Waals surface area contributed by atoms with Gasteiger partial charge in [-0.1, -0.05) is 11.8 Å². The molecule has 11 heteroatoms. The number of furan rings is 1. The molecule has 0 saturated heterocycles. The fourth-order valence-electron chi connectivity index (χ4n) is 1.96. The van der Waals surface area contributed by atoms with Crippen LogP contribution in [0.2, 0.25) is 0 Å². The molecule has 2 N–H and O–H groups in total. The van der Waals surface area contributed by atoms with E-state index in [1.54, 1.807) is 42.2 Å². The van der Waals surface area contributed by atoms with Crippen LogP contribution in [0.4, 0.5) is 5.13 Å². The van der Waals surface area contributed by atoms with E-state index in [0.29, 0.717) is 16.1 Å². The Morgan fingerprint density at radius 1 is 1.42 bits per heavy atom. The van der Waals surface area contributed by atoms with Gasteiger partial charge < -0.3 is 19.6 Å². The average molecular weight is 392 g/mol. The monoisotopic (exact) mass is 392 g/mol. The molecule has 0 aliphatic heterocycles. The number of thiazole rings is 1. The van der Waals surface area contributed by atoms with Crippen molar-refractivity contribution in [3.05, 3.63) is 41.6 Å². The van der Waals surface area contributed by atoms with Gasteiger partial charge in [0.25, 0.3) is 5.91 Å². The molecule has 3 rings (SSSR count). The number of rotatable bonds is 7. The molecule has 2 amide bonds. The third-order valence-electron chi connectivity index (χ3n) is 3.39. The van der Waals surface area contributed by atoms with Gasteiger partial charge in [-0.05, 0) is 19.1 Å². The minimum atomic E-state index is -0.382. The summed E-state index contributed by atoms with van der Waals surface area (Å²) in [5.74, 6) is 0.304. The maximum absolute atomic E-state index is 12.2. The number of carbonyl (C=O) groups excluding carboxylic acids is 2. The van der Waals surface area contributed by atoms with Crippen molar-refractivity contribution in [3.8, 4) is 0 Å². The van der Waals surface area contributed by atoms with Crippen LogP contribution in [-0.2, 0) is 18.4 Å². The SMILES string of the molecule is C[C@H](Sc1nnc(CNC(=O)c2ccco2)n1C)C(=O)Nc1nccs1. The van der Waals surface area contributed by atoms with Crippen molar-refractivity contribution in [2.45, 2.75) is 23.9 Å². The van der Waals surface area contributed by atoms with Crippen molar-refractivity contribution in [1.82, 2.24) is 25.1 Å². The van der Waals surface area contributed by atoms with Gasteiger partial charge in [0.2, 0.25) is 5.91 Å². The van der Waals surface area contributed by atoms with E-state index in [1.807, 2.05) is 0 Å². The van der Waals surface area contributed by atoms with Gasteiger partial charge in [0, 0.05) is 18.6 Å². The highest BCUT2D eigenvalue weighted by Crippen LogP contribution is 2.23. The normalized spacial score (nSPS) is 11.9. The van der Waals surface area contributed by atoms with E-state index in [4.69, 9.17) is 4.42 Å². The van der Waals surface area contributed by atoms with Crippen LogP contribution in [0, 0.1) is 0 Å². The van der Waals surface area contributed by atoms with E-state index in [1.165, 1.54) is 29.4 Å². The summed E-state index contributed by atoms with van der Waals surface area (Å²) in [6.07, 6.45) is 3.06. The van der Waals surface area contributed by atoms with Crippen LogP contribution in [0.5, 0.6) is 0 Å². The molecule has 0 spiro atoms. The van der Waals surface area contributed by atoms with Crippen LogP contribution in [0.15, 0.2) is 39.5 Å². The fraction of sp³-hybridized carbons (Fsp3) is 0.267. The summed E-state index contributed by atoms with van der Waals surface area (Å²) in [4.78, 5) is 28.1. The standard InChI is InChI=1S/C15H16N6O3S2/c1-9(12(22)18-14-16-5-7-25-14)26-15-20-19-11(21(15)2)8-17-13(23)10-4-3-6-24-10/h3-7,9H,8H2,1-2H3,(H,17,23)(H,16,18,22)/t9-/m0/s1. The molecule has 0 radical (unpaired) electrons. The third-order valence-corrected chi connectivity index (χ3v) is 5.21. The van der Waals surface area contributed by atoms with E-state index in [2.05, 4.69) is 25.8 Å². The predicted molar refractivity (Wildman–Crippen MR) is 96.9 cm³/mol. The number of amides is 2. The lowest BCUT2D eigenvalue weighted by molar-refractivity contribution is -0.115. The lowest BCUT2D eigenvalue weighted by Crippen LogP contribution is -2.24. The number of hydrogen-bond donors (Lipinski definition) is 2. The fourth-order valence-corrected chi connectivity index (χ4v) is 3.33. The second-order valence-electron chi connectivity index (χ2n) is 5.20. The summed E-state index contributed by atoms with van der Waals surface area (Å²) < 4.78 is 6.77. The molecule has 0 aliphatic carbocycles. The van der Waals surface area contributed by atoms with Crippen molar-refractivity contribution in [2.24, 2.45) is 7.05 Å². The first-order chi connectivity index (χ1) is 12.5. The highest BCUT2D eigenvalue weighted by Gasteiger charge is 2.20. The van der Waals surface area contributed by atoms with E-state index in [0.717, 1.165) is 0 Å². The van der Waals surface area contributed by atoms with E-state index in [-0.39, 0.29) is 29.4 Å². The van der Waals surface area contributed by atoms with Crippen molar-refractivity contribution in [2.75, 3.05) is 5.32 Å². The number of carbonyl (C=O) groups is 2. The Morgan fingerprint density at radius 2 is 2.27 bits per heavy atom. The van der Waals surface area contributed by atoms with Gasteiger partial charge in [0.15, 0.2) is 21.9 Å². The van der Waals surface area contributed by atoms with E-state index >= 15 is 0 Å². The third kappa shape index (κ3) is 4.29. The highest BCUT2D eigenvalue weighted by atomic mass is 32.2. The number of thioether (sulfide) groups is 1. The Balaban J connectivity index is 1.56. The maximum Gasteiger partial charge on any atom is 0.287 e. The first-order valence-electron chi connectivity index (χ1n) is 7.61. The largest absolute Gasteiger partial charge is 0.459 e. The van der Waals surface area contributed by atoms with Crippen LogP contribution < -0.4 is 10.6 Å². The average Bonchev–Trinajstić information content (AvgIpc) is 3.37. The first kappa shape index (κ1) is 18.1. The number of nitrogens with zero attached hydrogens (tertiary/aromatic N) is 4. The summed E-state index contributed by atoms with van der Waals surface area (Å²) >= 11 is 2.63. The zero-order valence-corrected chi connectivity index (χ0v) is 15.6. The Bertz CT molecular complexity index is 875. The smallest absolute Gasteiger partial charge is 0.287 e. The van der Waals surface area contributed by atoms with Crippen LogP contribution in [0.25, 0.3) is 0 Å². The van der Waals surface area contributed by atoms with Gasteiger partial charge in [-0.2, -0.15) is 0 Å². The summed E-state index contributed by atoms with van der Waals surface area (Å²) in [6, 6.07) is 3.22. The van der Waals surface area contributed by atoms with Gasteiger partial charge in [-0.3, -0.25) is 9.59 Å². The Kier molecular flexibility index (Phi) is 5.68. The van der Waals surface area contributed by atoms with Gasteiger partial charge in [-0.25, -0.2) is 4.98 Å². The molecular weight excluding hydrogens is 376 g/mol. The Morgan fingerprint density at radius 3 is 2.96 bits per heavy atom. The van der Waals surface area contributed by atoms with Crippen LogP contribution >= 0.6 is 23.1 Å². The second-order valence-corrected chi connectivity index (χ2v) is 7.41. The molecular formula is C15H16N6O3S2. The number of anilines is 1. The van der Waals surface area contributed by atoms with Crippen LogP contribution in [-0.4, -0.2) is 36.8 Å². The zero-order valence-electron chi connectivity index (χ0n) is 14.0. The first-order valence-corrected chi connectivity index (χ1v) is 9.37. The molecule has 0 unspecified atom stereocenters. The lowest BCUT2D eigenvalue weighted by atomic mass is 10.4. The summed E-state index contributed by atoms with van der Waals surface area (Å²) in [5, 5.41) is 16.1. The molecule has 3 heterocycles. The number of nitrogens with one attached hydrogen (secondary N) is 2. The van der Waals surface area contributed by atoms with E-state index < -0.39 is 0 Å². The molecule has 0 aliphatic rings. The minimum Gasteiger partial charge on any atom is -0.459 e. The highest BCUT2D eigenvalue weighted by molar-refractivity contribution is 8.00. The topological polar surface area (TPSA) is 115 Å². The molecule has 3 aromatic rings. The van der Waals surface area contributed by atoms with E-state index in [9.17, 15) is 9.59 Å². The van der Waals surface area contributed by atoms with Crippen molar-refractivity contribution in [3.63, 3.8) is 0 Å². The van der Waals surface area contributed by atoms with Crippen molar-refractivity contribution >= 4 is 40.0 Å². The molecule has 0 saturated carbocycles. The second kappa shape index (κ2) is 8.15. The molecule has 0 fully saturated rings. The van der Waals surface area contributed by atoms with Gasteiger partial charge in [-0.15, -0.1) is 21.5 Å². The molecule has 0 aromatic carbocycles. The van der Waals surface area contributed by atoms with Gasteiger partial charge in [0.05, 0.1) is 18.1 Å². The Hall–Kier alpha value is -2.66. The lowest BCUT2D eigenvalue weighted by Gasteiger charge is -2.10. The zero-order chi connectivity index (χ0) is 18.5. The molecule has 1 atom stereocenters. The summed E-state index contributed by atoms with van der Waals surface area (Å²) in [6.45, 7) is 1.98. The summed E-state index contributed by atoms with van der Waals surface area (Å²) in [7, 11) is 1.78. The van der Waals surface area contributed by atoms with Crippen LogP contribution in [0.3, 0.4) is 0 Å². The number of aromatic nitrogens is 4. The van der Waals surface area contributed by atoms with Crippen LogP contribution in [0.1, 0.15) is 23.3 Å². The quantitative estimate of drug-likeness (QED) is 0.590. The summed E-state index contributed by atoms with van der Waals surface area (Å²) in [5.41, 5.74) is 0. The predicted octanol–water partition coefficient (Wildman–Crippen LogP) is 1.91. The van der Waals surface area contributed by atoms with Gasteiger partial charge in [0.1, 0.15) is 0 Å². The molecule has 3 aromatic heterocycles. The maximum atomic E-state index is 12.2. The molecule has 0 bridgehead atoms. The van der Waals surface area contributed by atoms with Gasteiger partial charge >= 0.3 is 0 Å². The number of hydrogen-bond acceptors (Lipinski definition) is 8. The molecule has 136 valence electrons. The molecule has 26 heavy (non-hydrogen) atoms. The van der Waals surface area contributed by atoms with Crippen molar-refractivity contribution < 1.29 is 14.0 Å². The minimum absolute atomic E-state index is 0.166.